The largest absolute Gasteiger partial charge is 0.385 e. The second-order valence-electron chi connectivity index (χ2n) is 5.28. The maximum Gasteiger partial charge on any atom is 0.282 e. The van der Waals surface area contributed by atoms with Crippen molar-refractivity contribution in [2.45, 2.75) is 32.0 Å². The van der Waals surface area contributed by atoms with Gasteiger partial charge in [-0.05, 0) is 19.4 Å². The van der Waals surface area contributed by atoms with Gasteiger partial charge in [0.15, 0.2) is 0 Å². The van der Waals surface area contributed by atoms with E-state index in [1.807, 2.05) is 0 Å². The summed E-state index contributed by atoms with van der Waals surface area (Å²) in [6.07, 6.45) is 0.0364. The zero-order valence-electron chi connectivity index (χ0n) is 12.0. The number of ether oxygens (including phenoxy) is 1. The number of benzene rings is 1. The SMILES string of the molecule is Cc1cccc([N+](=O)[O-])c1C(=O)NCC1(O)CCOC1C. The summed E-state index contributed by atoms with van der Waals surface area (Å²) in [5.74, 6) is -0.563. The van der Waals surface area contributed by atoms with Crippen LogP contribution in [-0.2, 0) is 4.74 Å². The van der Waals surface area contributed by atoms with Gasteiger partial charge in [0, 0.05) is 25.6 Å². The molecule has 114 valence electrons. The highest BCUT2D eigenvalue weighted by molar-refractivity contribution is 5.99. The fraction of sp³-hybridized carbons (Fsp3) is 0.500. The first kappa shape index (κ1) is 15.4. The molecule has 0 bridgehead atoms. The van der Waals surface area contributed by atoms with Gasteiger partial charge < -0.3 is 15.2 Å². The summed E-state index contributed by atoms with van der Waals surface area (Å²) >= 11 is 0. The van der Waals surface area contributed by atoms with Gasteiger partial charge in [-0.25, -0.2) is 0 Å². The third kappa shape index (κ3) is 3.03. The van der Waals surface area contributed by atoms with E-state index in [1.54, 1.807) is 19.9 Å². The molecule has 1 fully saturated rings. The molecule has 1 heterocycles. The van der Waals surface area contributed by atoms with Crippen molar-refractivity contribution >= 4 is 11.6 Å². The van der Waals surface area contributed by atoms with Crippen molar-refractivity contribution in [2.24, 2.45) is 0 Å². The molecule has 1 aromatic rings. The van der Waals surface area contributed by atoms with Crippen LogP contribution in [-0.4, -0.2) is 40.8 Å². The Balaban J connectivity index is 2.16. The molecule has 1 aliphatic rings. The average Bonchev–Trinajstić information content (AvgIpc) is 2.76. The zero-order chi connectivity index (χ0) is 15.6. The summed E-state index contributed by atoms with van der Waals surface area (Å²) in [4.78, 5) is 22.7. The van der Waals surface area contributed by atoms with Crippen LogP contribution in [0.3, 0.4) is 0 Å². The van der Waals surface area contributed by atoms with Gasteiger partial charge in [0.1, 0.15) is 11.2 Å². The molecule has 0 aliphatic carbocycles. The van der Waals surface area contributed by atoms with E-state index in [1.165, 1.54) is 12.1 Å². The highest BCUT2D eigenvalue weighted by Crippen LogP contribution is 2.26. The van der Waals surface area contributed by atoms with Crippen molar-refractivity contribution in [3.8, 4) is 0 Å². The van der Waals surface area contributed by atoms with Crippen LogP contribution in [0.5, 0.6) is 0 Å². The normalized spacial score (nSPS) is 24.8. The molecule has 2 unspecified atom stereocenters. The Hall–Kier alpha value is -1.99. The summed E-state index contributed by atoms with van der Waals surface area (Å²) in [5.41, 5.74) is -0.829. The highest BCUT2D eigenvalue weighted by atomic mass is 16.6. The van der Waals surface area contributed by atoms with Crippen LogP contribution < -0.4 is 5.32 Å². The lowest BCUT2D eigenvalue weighted by atomic mass is 9.96. The lowest BCUT2D eigenvalue weighted by molar-refractivity contribution is -0.385. The van der Waals surface area contributed by atoms with Crippen LogP contribution in [0.15, 0.2) is 18.2 Å². The first-order valence-corrected chi connectivity index (χ1v) is 6.71. The van der Waals surface area contributed by atoms with Gasteiger partial charge in [-0.15, -0.1) is 0 Å². The molecule has 1 aromatic carbocycles. The number of hydrogen-bond donors (Lipinski definition) is 2. The summed E-state index contributed by atoms with van der Waals surface area (Å²) < 4.78 is 5.28. The smallest absolute Gasteiger partial charge is 0.282 e. The molecule has 0 aromatic heterocycles. The van der Waals surface area contributed by atoms with Gasteiger partial charge in [0.2, 0.25) is 0 Å². The van der Waals surface area contributed by atoms with E-state index in [0.29, 0.717) is 18.6 Å². The van der Waals surface area contributed by atoms with Crippen LogP contribution in [0.4, 0.5) is 5.69 Å². The number of hydrogen-bond acceptors (Lipinski definition) is 5. The fourth-order valence-corrected chi connectivity index (χ4v) is 2.42. The third-order valence-electron chi connectivity index (χ3n) is 3.89. The molecule has 21 heavy (non-hydrogen) atoms. The van der Waals surface area contributed by atoms with Gasteiger partial charge in [-0.1, -0.05) is 12.1 Å². The quantitative estimate of drug-likeness (QED) is 0.641. The Kier molecular flexibility index (Phi) is 4.24. The lowest BCUT2D eigenvalue weighted by Gasteiger charge is -2.26. The van der Waals surface area contributed by atoms with Gasteiger partial charge in [-0.3, -0.25) is 14.9 Å². The molecular weight excluding hydrogens is 276 g/mol. The number of carbonyl (C=O) groups excluding carboxylic acids is 1. The third-order valence-corrected chi connectivity index (χ3v) is 3.89. The standard InChI is InChI=1S/C14H18N2O5/c1-9-4-3-5-11(16(19)20)12(9)13(17)15-8-14(18)6-7-21-10(14)2/h3-5,10,18H,6-8H2,1-2H3,(H,15,17). The Morgan fingerprint density at radius 2 is 2.33 bits per heavy atom. The molecule has 2 N–H and O–H groups in total. The van der Waals surface area contributed by atoms with Crippen LogP contribution >= 0.6 is 0 Å². The second-order valence-corrected chi connectivity index (χ2v) is 5.28. The second kappa shape index (κ2) is 5.79. The van der Waals surface area contributed by atoms with E-state index in [2.05, 4.69) is 5.32 Å². The average molecular weight is 294 g/mol. The molecule has 1 saturated heterocycles. The Bertz CT molecular complexity index is 574. The maximum absolute atomic E-state index is 12.2. The summed E-state index contributed by atoms with van der Waals surface area (Å²) in [5, 5.41) is 23.9. The van der Waals surface area contributed by atoms with E-state index in [0.717, 1.165) is 0 Å². The number of rotatable bonds is 4. The predicted octanol–water partition coefficient (Wildman–Crippen LogP) is 1.17. The Morgan fingerprint density at radius 1 is 1.62 bits per heavy atom. The Labute approximate surface area is 122 Å². The lowest BCUT2D eigenvalue weighted by Crippen LogP contribution is -2.47. The number of nitro groups is 1. The molecular formula is C14H18N2O5. The summed E-state index contributed by atoms with van der Waals surface area (Å²) in [6, 6.07) is 4.46. The van der Waals surface area contributed by atoms with Crippen LogP contribution in [0.2, 0.25) is 0 Å². The minimum Gasteiger partial charge on any atom is -0.385 e. The number of amides is 1. The minimum atomic E-state index is -1.13. The molecule has 0 saturated carbocycles. The molecule has 2 rings (SSSR count). The van der Waals surface area contributed by atoms with E-state index in [9.17, 15) is 20.0 Å². The van der Waals surface area contributed by atoms with Crippen molar-refractivity contribution in [1.29, 1.82) is 0 Å². The number of aliphatic hydroxyl groups is 1. The maximum atomic E-state index is 12.2. The molecule has 0 spiro atoms. The monoisotopic (exact) mass is 294 g/mol. The predicted molar refractivity (Wildman–Crippen MR) is 75.1 cm³/mol. The van der Waals surface area contributed by atoms with Gasteiger partial charge >= 0.3 is 0 Å². The molecule has 2 atom stereocenters. The van der Waals surface area contributed by atoms with Crippen molar-refractivity contribution in [3.63, 3.8) is 0 Å². The first-order valence-electron chi connectivity index (χ1n) is 6.71. The van der Waals surface area contributed by atoms with Gasteiger partial charge in [0.25, 0.3) is 11.6 Å². The molecule has 7 heteroatoms. The fourth-order valence-electron chi connectivity index (χ4n) is 2.42. The van der Waals surface area contributed by atoms with E-state index in [-0.39, 0.29) is 23.9 Å². The number of carbonyl (C=O) groups is 1. The summed E-state index contributed by atoms with van der Waals surface area (Å²) in [6.45, 7) is 3.80. The first-order chi connectivity index (χ1) is 9.85. The van der Waals surface area contributed by atoms with Crippen molar-refractivity contribution in [2.75, 3.05) is 13.2 Å². The number of nitro benzene ring substituents is 1. The molecule has 0 radical (unpaired) electrons. The topological polar surface area (TPSA) is 102 Å². The van der Waals surface area contributed by atoms with E-state index in [4.69, 9.17) is 4.74 Å². The number of aryl methyl sites for hydroxylation is 1. The number of nitrogens with zero attached hydrogens (tertiary/aromatic N) is 1. The minimum absolute atomic E-state index is 0.00150. The van der Waals surface area contributed by atoms with Crippen molar-refractivity contribution in [1.82, 2.24) is 5.32 Å². The van der Waals surface area contributed by atoms with Crippen molar-refractivity contribution < 1.29 is 19.6 Å². The Morgan fingerprint density at radius 3 is 2.90 bits per heavy atom. The van der Waals surface area contributed by atoms with Crippen LogP contribution in [0.25, 0.3) is 0 Å². The summed E-state index contributed by atoms with van der Waals surface area (Å²) in [7, 11) is 0. The van der Waals surface area contributed by atoms with Gasteiger partial charge in [0.05, 0.1) is 11.0 Å². The zero-order valence-corrected chi connectivity index (χ0v) is 12.0. The molecule has 1 aliphatic heterocycles. The van der Waals surface area contributed by atoms with E-state index < -0.39 is 16.4 Å². The number of nitrogens with one attached hydrogen (secondary N) is 1. The molecule has 7 nitrogen and oxygen atoms in total. The highest BCUT2D eigenvalue weighted by Gasteiger charge is 2.40. The van der Waals surface area contributed by atoms with Crippen molar-refractivity contribution in [3.05, 3.63) is 39.4 Å². The van der Waals surface area contributed by atoms with Gasteiger partial charge in [-0.2, -0.15) is 0 Å². The molecule has 1 amide bonds. The van der Waals surface area contributed by atoms with Crippen LogP contribution in [0, 0.1) is 17.0 Å². The van der Waals surface area contributed by atoms with E-state index >= 15 is 0 Å². The van der Waals surface area contributed by atoms with Crippen LogP contribution in [0.1, 0.15) is 29.3 Å².